The van der Waals surface area contributed by atoms with Gasteiger partial charge in [-0.25, -0.2) is 4.98 Å². The minimum absolute atomic E-state index is 0.548. The van der Waals surface area contributed by atoms with E-state index >= 15 is 0 Å². The first-order valence-electron chi connectivity index (χ1n) is 6.85. The van der Waals surface area contributed by atoms with E-state index in [1.54, 1.807) is 4.68 Å². The summed E-state index contributed by atoms with van der Waals surface area (Å²) in [6.07, 6.45) is 0.764. The lowest BCUT2D eigenvalue weighted by molar-refractivity contribution is 0.451. The number of rotatable bonds is 5. The highest BCUT2D eigenvalue weighted by Crippen LogP contribution is 2.27. The zero-order chi connectivity index (χ0) is 14.7. The quantitative estimate of drug-likeness (QED) is 0.908. The van der Waals surface area contributed by atoms with Crippen LogP contribution >= 0.6 is 0 Å². The summed E-state index contributed by atoms with van der Waals surface area (Å²) in [5, 5.41) is 7.53. The highest BCUT2D eigenvalue weighted by atomic mass is 16.5. The predicted octanol–water partition coefficient (Wildman–Crippen LogP) is 2.61. The molecule has 0 radical (unpaired) electrons. The molecule has 2 aromatic heterocycles. The van der Waals surface area contributed by atoms with Gasteiger partial charge in [0.25, 0.3) is 0 Å². The third kappa shape index (κ3) is 2.89. The number of nitrogens with one attached hydrogen (secondary N) is 1. The molecule has 0 saturated carbocycles. The second-order valence-corrected chi connectivity index (χ2v) is 4.62. The van der Waals surface area contributed by atoms with Crippen molar-refractivity contribution in [3.05, 3.63) is 23.3 Å². The third-order valence-corrected chi connectivity index (χ3v) is 3.07. The molecule has 20 heavy (non-hydrogen) atoms. The Balaban J connectivity index is 2.34. The van der Waals surface area contributed by atoms with E-state index in [0.29, 0.717) is 5.88 Å². The van der Waals surface area contributed by atoms with Crippen LogP contribution in [0.5, 0.6) is 11.6 Å². The molecule has 0 atom stereocenters. The van der Waals surface area contributed by atoms with Crippen molar-refractivity contribution in [2.24, 2.45) is 7.05 Å². The molecule has 2 rings (SSSR count). The third-order valence-electron chi connectivity index (χ3n) is 3.07. The van der Waals surface area contributed by atoms with Gasteiger partial charge in [0.2, 0.25) is 5.88 Å². The molecule has 6 heteroatoms. The number of anilines is 1. The molecule has 2 aromatic rings. The first kappa shape index (κ1) is 14.3. The second-order valence-electron chi connectivity index (χ2n) is 4.62. The smallest absolute Gasteiger partial charge is 0.224 e. The Morgan fingerprint density at radius 1 is 1.25 bits per heavy atom. The molecule has 0 unspecified atom stereocenters. The van der Waals surface area contributed by atoms with Crippen molar-refractivity contribution in [3.63, 3.8) is 0 Å². The lowest BCUT2D eigenvalue weighted by atomic mass is 10.3. The average Bonchev–Trinajstić information content (AvgIpc) is 2.65. The first-order chi connectivity index (χ1) is 9.55. The number of ether oxygens (including phenoxy) is 1. The predicted molar refractivity (Wildman–Crippen MR) is 78.3 cm³/mol. The molecule has 0 saturated heterocycles. The van der Waals surface area contributed by atoms with Crippen LogP contribution in [0.25, 0.3) is 0 Å². The fraction of sp³-hybridized carbons (Fsp3) is 0.500. The van der Waals surface area contributed by atoms with E-state index in [2.05, 4.69) is 20.4 Å². The van der Waals surface area contributed by atoms with Crippen LogP contribution in [0.3, 0.4) is 0 Å². The van der Waals surface area contributed by atoms with Gasteiger partial charge in [-0.2, -0.15) is 10.1 Å². The first-order valence-corrected chi connectivity index (χ1v) is 6.85. The van der Waals surface area contributed by atoms with Gasteiger partial charge in [0.15, 0.2) is 5.75 Å². The van der Waals surface area contributed by atoms with E-state index in [-0.39, 0.29) is 0 Å². The zero-order valence-corrected chi connectivity index (χ0v) is 12.7. The standard InChI is InChI=1S/C14H21N5O/c1-6-11-16-12(15-7-2)8-13(17-11)20-14-9(3)18-19(5)10(14)4/h8H,6-7H2,1-5H3,(H,15,16,17). The monoisotopic (exact) mass is 275 g/mol. The number of aromatic nitrogens is 4. The van der Waals surface area contributed by atoms with Crippen molar-refractivity contribution >= 4 is 5.82 Å². The fourth-order valence-electron chi connectivity index (χ4n) is 1.96. The highest BCUT2D eigenvalue weighted by molar-refractivity contribution is 5.41. The van der Waals surface area contributed by atoms with Crippen LogP contribution in [0.4, 0.5) is 5.82 Å². The summed E-state index contributed by atoms with van der Waals surface area (Å²) >= 11 is 0. The molecule has 108 valence electrons. The maximum absolute atomic E-state index is 5.92. The fourth-order valence-corrected chi connectivity index (χ4v) is 1.96. The summed E-state index contributed by atoms with van der Waals surface area (Å²) in [5.41, 5.74) is 1.83. The topological polar surface area (TPSA) is 64.9 Å². The largest absolute Gasteiger partial charge is 0.435 e. The molecule has 0 amide bonds. The van der Waals surface area contributed by atoms with Crippen molar-refractivity contribution in [2.45, 2.75) is 34.1 Å². The van der Waals surface area contributed by atoms with Crippen molar-refractivity contribution in [3.8, 4) is 11.6 Å². The van der Waals surface area contributed by atoms with Crippen molar-refractivity contribution in [1.82, 2.24) is 19.7 Å². The molecule has 2 heterocycles. The van der Waals surface area contributed by atoms with Gasteiger partial charge in [0, 0.05) is 26.1 Å². The van der Waals surface area contributed by atoms with Crippen LogP contribution in [0.1, 0.15) is 31.1 Å². The summed E-state index contributed by atoms with van der Waals surface area (Å²) < 4.78 is 7.72. The second kappa shape index (κ2) is 5.90. The molecule has 0 aliphatic rings. The molecule has 0 aliphatic heterocycles. The van der Waals surface area contributed by atoms with E-state index < -0.39 is 0 Å². The number of hydrogen-bond donors (Lipinski definition) is 1. The van der Waals surface area contributed by atoms with Crippen molar-refractivity contribution < 1.29 is 4.74 Å². The van der Waals surface area contributed by atoms with Crippen molar-refractivity contribution in [2.75, 3.05) is 11.9 Å². The van der Waals surface area contributed by atoms with Gasteiger partial charge in [-0.05, 0) is 20.8 Å². The van der Waals surface area contributed by atoms with E-state index in [0.717, 1.165) is 41.7 Å². The summed E-state index contributed by atoms with van der Waals surface area (Å²) in [7, 11) is 1.90. The maximum Gasteiger partial charge on any atom is 0.224 e. The molecule has 0 bridgehead atoms. The number of aryl methyl sites for hydroxylation is 3. The highest BCUT2D eigenvalue weighted by Gasteiger charge is 2.13. The zero-order valence-electron chi connectivity index (χ0n) is 12.7. The Bertz CT molecular complexity index is 606. The van der Waals surface area contributed by atoms with Crippen molar-refractivity contribution in [1.29, 1.82) is 0 Å². The number of nitrogens with zero attached hydrogens (tertiary/aromatic N) is 4. The van der Waals surface area contributed by atoms with Gasteiger partial charge in [-0.1, -0.05) is 6.92 Å². The van der Waals surface area contributed by atoms with Crippen LogP contribution in [-0.4, -0.2) is 26.3 Å². The van der Waals surface area contributed by atoms with Gasteiger partial charge in [0.1, 0.15) is 17.3 Å². The summed E-state index contributed by atoms with van der Waals surface area (Å²) in [4.78, 5) is 8.82. The lowest BCUT2D eigenvalue weighted by Gasteiger charge is -2.09. The SMILES string of the molecule is CCNc1cc(Oc2c(C)nn(C)c2C)nc(CC)n1. The Kier molecular flexibility index (Phi) is 4.22. The molecular weight excluding hydrogens is 254 g/mol. The van der Waals surface area contributed by atoms with E-state index in [1.165, 1.54) is 0 Å². The van der Waals surface area contributed by atoms with E-state index in [4.69, 9.17) is 4.74 Å². The minimum Gasteiger partial charge on any atom is -0.435 e. The van der Waals surface area contributed by atoms with Gasteiger partial charge >= 0.3 is 0 Å². The summed E-state index contributed by atoms with van der Waals surface area (Å²) in [6, 6.07) is 1.81. The van der Waals surface area contributed by atoms with Gasteiger partial charge < -0.3 is 10.1 Å². The molecule has 0 aromatic carbocycles. The van der Waals surface area contributed by atoms with Gasteiger partial charge in [-0.3, -0.25) is 4.68 Å². The molecule has 0 aliphatic carbocycles. The Morgan fingerprint density at radius 3 is 2.55 bits per heavy atom. The normalized spacial score (nSPS) is 10.7. The molecule has 0 spiro atoms. The molecule has 1 N–H and O–H groups in total. The molecular formula is C14H21N5O. The van der Waals surface area contributed by atoms with Crippen LogP contribution in [0.2, 0.25) is 0 Å². The summed E-state index contributed by atoms with van der Waals surface area (Å²) in [6.45, 7) is 8.77. The van der Waals surface area contributed by atoms with E-state index in [1.807, 2.05) is 40.8 Å². The average molecular weight is 275 g/mol. The van der Waals surface area contributed by atoms with Gasteiger partial charge in [-0.15, -0.1) is 0 Å². The van der Waals surface area contributed by atoms with E-state index in [9.17, 15) is 0 Å². The van der Waals surface area contributed by atoms with Crippen LogP contribution in [0, 0.1) is 13.8 Å². The summed E-state index contributed by atoms with van der Waals surface area (Å²) in [5.74, 6) is 2.86. The van der Waals surface area contributed by atoms with Crippen LogP contribution < -0.4 is 10.1 Å². The van der Waals surface area contributed by atoms with Gasteiger partial charge in [0.05, 0.1) is 5.69 Å². The van der Waals surface area contributed by atoms with Crippen LogP contribution in [0.15, 0.2) is 6.07 Å². The Hall–Kier alpha value is -2.11. The Labute approximate surface area is 119 Å². The maximum atomic E-state index is 5.92. The lowest BCUT2D eigenvalue weighted by Crippen LogP contribution is -2.04. The molecule has 6 nitrogen and oxygen atoms in total. The van der Waals surface area contributed by atoms with Crippen LogP contribution in [-0.2, 0) is 13.5 Å². The Morgan fingerprint density at radius 2 is 2.00 bits per heavy atom. The number of hydrogen-bond acceptors (Lipinski definition) is 5. The molecule has 0 fully saturated rings. The minimum atomic E-state index is 0.548.